The number of nitrogen functional groups attached to an aromatic ring is 1. The fourth-order valence-electron chi connectivity index (χ4n) is 1.17. The first-order chi connectivity index (χ1) is 6.18. The highest BCUT2D eigenvalue weighted by Crippen LogP contribution is 2.16. The average molecular weight is 179 g/mol. The van der Waals surface area contributed by atoms with Crippen molar-refractivity contribution in [3.63, 3.8) is 0 Å². The predicted octanol–water partition coefficient (Wildman–Crippen LogP) is 0.644. The molecule has 0 fully saturated rings. The molecule has 5 heteroatoms. The molecule has 0 aliphatic rings. The van der Waals surface area contributed by atoms with E-state index in [1.165, 1.54) is 12.1 Å². The van der Waals surface area contributed by atoms with Crippen molar-refractivity contribution in [2.24, 2.45) is 0 Å². The van der Waals surface area contributed by atoms with Gasteiger partial charge in [0.05, 0.1) is 5.52 Å². The number of aromatic amines is 1. The minimum absolute atomic E-state index is 0.0400. The van der Waals surface area contributed by atoms with Crippen LogP contribution in [0.4, 0.5) is 10.2 Å². The monoisotopic (exact) mass is 179 g/mol. The Morgan fingerprint density at radius 2 is 2.23 bits per heavy atom. The highest BCUT2D eigenvalue weighted by molar-refractivity contribution is 5.87. The molecule has 0 spiro atoms. The fraction of sp³-hybridized carbons (Fsp3) is 0. The maximum absolute atomic E-state index is 13.1. The Labute approximate surface area is 72.2 Å². The van der Waals surface area contributed by atoms with Crippen LogP contribution < -0.4 is 11.4 Å². The SMILES string of the molecule is Nc1nc(=O)[nH]c2c(F)cccc12. The summed E-state index contributed by atoms with van der Waals surface area (Å²) in [5, 5.41) is 0.416. The van der Waals surface area contributed by atoms with Crippen LogP contribution in [-0.2, 0) is 0 Å². The predicted molar refractivity (Wildman–Crippen MR) is 46.7 cm³/mol. The first-order valence-electron chi connectivity index (χ1n) is 3.62. The summed E-state index contributed by atoms with van der Waals surface area (Å²) in [7, 11) is 0. The number of fused-ring (bicyclic) bond motifs is 1. The Bertz CT molecular complexity index is 520. The molecule has 66 valence electrons. The first kappa shape index (κ1) is 7.72. The minimum atomic E-state index is -0.643. The van der Waals surface area contributed by atoms with Gasteiger partial charge in [0.25, 0.3) is 0 Å². The Balaban J connectivity index is 3.03. The summed E-state index contributed by atoms with van der Waals surface area (Å²) in [6.07, 6.45) is 0. The highest BCUT2D eigenvalue weighted by atomic mass is 19.1. The number of hydrogen-bond acceptors (Lipinski definition) is 3. The second-order valence-electron chi connectivity index (χ2n) is 2.59. The zero-order chi connectivity index (χ0) is 9.42. The largest absolute Gasteiger partial charge is 0.383 e. The molecule has 0 radical (unpaired) electrons. The number of aromatic nitrogens is 2. The van der Waals surface area contributed by atoms with Crippen LogP contribution in [0, 0.1) is 5.82 Å². The van der Waals surface area contributed by atoms with Crippen LogP contribution in [0.5, 0.6) is 0 Å². The van der Waals surface area contributed by atoms with E-state index >= 15 is 0 Å². The van der Waals surface area contributed by atoms with E-state index in [-0.39, 0.29) is 11.3 Å². The van der Waals surface area contributed by atoms with Crippen molar-refractivity contribution in [2.75, 3.05) is 5.73 Å². The number of benzene rings is 1. The van der Waals surface area contributed by atoms with Gasteiger partial charge in [-0.15, -0.1) is 0 Å². The molecule has 0 aliphatic heterocycles. The maximum Gasteiger partial charge on any atom is 0.347 e. The van der Waals surface area contributed by atoms with Gasteiger partial charge in [0.2, 0.25) is 0 Å². The third-order valence-corrected chi connectivity index (χ3v) is 1.74. The number of nitrogens with two attached hydrogens (primary N) is 1. The lowest BCUT2D eigenvalue weighted by Crippen LogP contribution is -2.13. The molecule has 2 rings (SSSR count). The maximum atomic E-state index is 13.1. The molecule has 0 bridgehead atoms. The number of H-pyrrole nitrogens is 1. The molecule has 4 nitrogen and oxygen atoms in total. The first-order valence-corrected chi connectivity index (χ1v) is 3.62. The van der Waals surface area contributed by atoms with Gasteiger partial charge in [-0.2, -0.15) is 4.98 Å². The minimum Gasteiger partial charge on any atom is -0.383 e. The number of rotatable bonds is 0. The number of hydrogen-bond donors (Lipinski definition) is 2. The van der Waals surface area contributed by atoms with E-state index in [1.807, 2.05) is 0 Å². The quantitative estimate of drug-likeness (QED) is 0.623. The van der Waals surface area contributed by atoms with Crippen molar-refractivity contribution in [1.29, 1.82) is 0 Å². The summed E-state index contributed by atoms with van der Waals surface area (Å²) in [5.41, 5.74) is 4.88. The molecule has 1 heterocycles. The molecule has 0 saturated carbocycles. The van der Waals surface area contributed by atoms with E-state index in [0.717, 1.165) is 0 Å². The van der Waals surface area contributed by atoms with Crippen molar-refractivity contribution in [2.45, 2.75) is 0 Å². The van der Waals surface area contributed by atoms with Gasteiger partial charge in [-0.25, -0.2) is 9.18 Å². The Hall–Kier alpha value is -1.91. The Morgan fingerprint density at radius 3 is 3.00 bits per heavy atom. The molecule has 0 saturated heterocycles. The zero-order valence-electron chi connectivity index (χ0n) is 6.54. The number of nitrogens with zero attached hydrogens (tertiary/aromatic N) is 1. The van der Waals surface area contributed by atoms with Gasteiger partial charge in [0.1, 0.15) is 11.6 Å². The molecule has 0 aliphatic carbocycles. The van der Waals surface area contributed by atoms with Crippen LogP contribution in [0.3, 0.4) is 0 Å². The van der Waals surface area contributed by atoms with Crippen LogP contribution in [0.1, 0.15) is 0 Å². The molecule has 13 heavy (non-hydrogen) atoms. The standard InChI is InChI=1S/C8H6FN3O/c9-5-3-1-2-4-6(5)11-8(13)12-7(4)10/h1-3H,(H3,10,11,12,13). The van der Waals surface area contributed by atoms with Gasteiger partial charge < -0.3 is 10.7 Å². The molecule has 1 aromatic carbocycles. The smallest absolute Gasteiger partial charge is 0.347 e. The second-order valence-corrected chi connectivity index (χ2v) is 2.59. The van der Waals surface area contributed by atoms with Crippen LogP contribution in [0.25, 0.3) is 10.9 Å². The van der Waals surface area contributed by atoms with Crippen molar-refractivity contribution in [3.8, 4) is 0 Å². The van der Waals surface area contributed by atoms with Gasteiger partial charge in [-0.3, -0.25) is 0 Å². The molecular formula is C8H6FN3O. The molecule has 1 aromatic heterocycles. The third-order valence-electron chi connectivity index (χ3n) is 1.74. The van der Waals surface area contributed by atoms with Gasteiger partial charge in [0.15, 0.2) is 0 Å². The van der Waals surface area contributed by atoms with E-state index in [9.17, 15) is 9.18 Å². The fourth-order valence-corrected chi connectivity index (χ4v) is 1.17. The summed E-state index contributed by atoms with van der Waals surface area (Å²) in [6, 6.07) is 4.35. The summed E-state index contributed by atoms with van der Waals surface area (Å²) < 4.78 is 13.1. The number of para-hydroxylation sites is 1. The molecule has 3 N–H and O–H groups in total. The normalized spacial score (nSPS) is 10.5. The van der Waals surface area contributed by atoms with Crippen molar-refractivity contribution < 1.29 is 4.39 Å². The van der Waals surface area contributed by atoms with E-state index in [2.05, 4.69) is 9.97 Å². The van der Waals surface area contributed by atoms with Crippen LogP contribution in [0.2, 0.25) is 0 Å². The van der Waals surface area contributed by atoms with Crippen LogP contribution in [0.15, 0.2) is 23.0 Å². The summed E-state index contributed by atoms with van der Waals surface area (Å²) in [6.45, 7) is 0. The van der Waals surface area contributed by atoms with Gasteiger partial charge >= 0.3 is 5.69 Å². The van der Waals surface area contributed by atoms with E-state index < -0.39 is 11.5 Å². The van der Waals surface area contributed by atoms with E-state index in [4.69, 9.17) is 5.73 Å². The Kier molecular flexibility index (Phi) is 1.51. The second kappa shape index (κ2) is 2.55. The van der Waals surface area contributed by atoms with Gasteiger partial charge in [0, 0.05) is 5.39 Å². The van der Waals surface area contributed by atoms with Gasteiger partial charge in [-0.05, 0) is 12.1 Å². The number of anilines is 1. The lowest BCUT2D eigenvalue weighted by molar-refractivity contribution is 0.636. The summed E-state index contributed by atoms with van der Waals surface area (Å²) in [5.74, 6) is -0.470. The van der Waals surface area contributed by atoms with E-state index in [1.54, 1.807) is 6.07 Å². The van der Waals surface area contributed by atoms with E-state index in [0.29, 0.717) is 5.39 Å². The summed E-state index contributed by atoms with van der Waals surface area (Å²) in [4.78, 5) is 16.6. The molecule has 0 unspecified atom stereocenters. The zero-order valence-corrected chi connectivity index (χ0v) is 6.54. The van der Waals surface area contributed by atoms with Gasteiger partial charge in [-0.1, -0.05) is 6.07 Å². The van der Waals surface area contributed by atoms with Crippen LogP contribution in [-0.4, -0.2) is 9.97 Å². The van der Waals surface area contributed by atoms with Crippen molar-refractivity contribution in [3.05, 3.63) is 34.5 Å². The topological polar surface area (TPSA) is 71.8 Å². The lowest BCUT2D eigenvalue weighted by Gasteiger charge is -1.99. The van der Waals surface area contributed by atoms with Crippen molar-refractivity contribution >= 4 is 16.7 Å². The molecule has 2 aromatic rings. The number of halogens is 1. The third kappa shape index (κ3) is 1.14. The number of nitrogens with one attached hydrogen (secondary N) is 1. The molecule has 0 amide bonds. The van der Waals surface area contributed by atoms with Crippen LogP contribution >= 0.6 is 0 Å². The van der Waals surface area contributed by atoms with Crippen molar-refractivity contribution in [1.82, 2.24) is 9.97 Å². The molecule has 0 atom stereocenters. The average Bonchev–Trinajstić information content (AvgIpc) is 2.07. The Morgan fingerprint density at radius 1 is 1.46 bits per heavy atom. The molecular weight excluding hydrogens is 173 g/mol. The summed E-state index contributed by atoms with van der Waals surface area (Å²) >= 11 is 0. The lowest BCUT2D eigenvalue weighted by atomic mass is 10.2. The highest BCUT2D eigenvalue weighted by Gasteiger charge is 2.04.